The van der Waals surface area contributed by atoms with E-state index in [4.69, 9.17) is 4.74 Å². The molecule has 0 heterocycles. The fourth-order valence-electron chi connectivity index (χ4n) is 5.23. The number of benzene rings is 1. The SMILES string of the molecule is CC1(C)CCC[C@@]2(C)C1CCC(=O)[C@H]2COC(=O)c1ccccc1. The molecule has 0 aliphatic heterocycles. The predicted octanol–water partition coefficient (Wildman–Crippen LogP) is 4.66. The summed E-state index contributed by atoms with van der Waals surface area (Å²) in [4.78, 5) is 24.9. The van der Waals surface area contributed by atoms with Crippen LogP contribution in [0.5, 0.6) is 0 Å². The lowest BCUT2D eigenvalue weighted by Gasteiger charge is -2.56. The minimum absolute atomic E-state index is 0.0476. The van der Waals surface area contributed by atoms with Gasteiger partial charge in [-0.2, -0.15) is 0 Å². The molecule has 2 saturated carbocycles. The van der Waals surface area contributed by atoms with Crippen molar-refractivity contribution in [3.63, 3.8) is 0 Å². The van der Waals surface area contributed by atoms with Crippen molar-refractivity contribution in [1.29, 1.82) is 0 Å². The number of carbonyl (C=O) groups is 2. The van der Waals surface area contributed by atoms with Gasteiger partial charge in [-0.15, -0.1) is 0 Å². The summed E-state index contributed by atoms with van der Waals surface area (Å²) in [5.41, 5.74) is 0.759. The lowest BCUT2D eigenvalue weighted by atomic mass is 9.48. The molecule has 0 spiro atoms. The maximum absolute atomic E-state index is 12.6. The van der Waals surface area contributed by atoms with E-state index in [2.05, 4.69) is 20.8 Å². The van der Waals surface area contributed by atoms with Gasteiger partial charge in [0.15, 0.2) is 0 Å². The van der Waals surface area contributed by atoms with E-state index < -0.39 is 0 Å². The highest BCUT2D eigenvalue weighted by Crippen LogP contribution is 2.58. The summed E-state index contributed by atoms with van der Waals surface area (Å²) in [5, 5.41) is 0. The molecule has 24 heavy (non-hydrogen) atoms. The van der Waals surface area contributed by atoms with Crippen molar-refractivity contribution >= 4 is 11.8 Å². The Bertz CT molecular complexity index is 619. The number of ketones is 1. The molecule has 0 saturated heterocycles. The molecule has 3 heteroatoms. The van der Waals surface area contributed by atoms with Crippen LogP contribution in [-0.2, 0) is 9.53 Å². The van der Waals surface area contributed by atoms with Crippen LogP contribution in [0.3, 0.4) is 0 Å². The van der Waals surface area contributed by atoms with E-state index >= 15 is 0 Å². The zero-order valence-corrected chi connectivity index (χ0v) is 15.0. The van der Waals surface area contributed by atoms with E-state index in [1.165, 1.54) is 6.42 Å². The molecular formula is C21H28O3. The number of ether oxygens (including phenoxy) is 1. The van der Waals surface area contributed by atoms with Crippen LogP contribution < -0.4 is 0 Å². The van der Waals surface area contributed by atoms with Crippen molar-refractivity contribution < 1.29 is 14.3 Å². The van der Waals surface area contributed by atoms with Gasteiger partial charge in [-0.3, -0.25) is 4.79 Å². The first-order chi connectivity index (χ1) is 11.3. The Hall–Kier alpha value is -1.64. The van der Waals surface area contributed by atoms with Crippen molar-refractivity contribution in [1.82, 2.24) is 0 Å². The average Bonchev–Trinajstić information content (AvgIpc) is 2.54. The second-order valence-electron chi connectivity index (χ2n) is 8.42. The molecule has 1 aromatic carbocycles. The van der Waals surface area contributed by atoms with Crippen LogP contribution in [0.4, 0.5) is 0 Å². The number of esters is 1. The minimum atomic E-state index is -0.329. The number of Topliss-reactive ketones (excluding diaryl/α,β-unsaturated/α-hetero) is 1. The summed E-state index contributed by atoms with van der Waals surface area (Å²) >= 11 is 0. The molecule has 3 nitrogen and oxygen atoms in total. The highest BCUT2D eigenvalue weighted by atomic mass is 16.5. The highest BCUT2D eigenvalue weighted by Gasteiger charge is 2.54. The van der Waals surface area contributed by atoms with Gasteiger partial charge in [-0.1, -0.05) is 45.4 Å². The molecule has 0 aromatic heterocycles. The molecule has 2 aliphatic rings. The smallest absolute Gasteiger partial charge is 0.338 e. The van der Waals surface area contributed by atoms with E-state index in [0.717, 1.165) is 19.3 Å². The zero-order chi connectivity index (χ0) is 17.4. The van der Waals surface area contributed by atoms with Gasteiger partial charge in [-0.05, 0) is 48.1 Å². The van der Waals surface area contributed by atoms with Crippen LogP contribution in [-0.4, -0.2) is 18.4 Å². The molecular weight excluding hydrogens is 300 g/mol. The Labute approximate surface area is 144 Å². The maximum atomic E-state index is 12.6. The first-order valence-electron chi connectivity index (χ1n) is 9.09. The van der Waals surface area contributed by atoms with E-state index in [1.54, 1.807) is 12.1 Å². The molecule has 0 N–H and O–H groups in total. The first-order valence-corrected chi connectivity index (χ1v) is 9.09. The number of rotatable bonds is 3. The average molecular weight is 328 g/mol. The quantitative estimate of drug-likeness (QED) is 0.758. The number of hydrogen-bond donors (Lipinski definition) is 0. The van der Waals surface area contributed by atoms with Crippen molar-refractivity contribution in [2.24, 2.45) is 22.7 Å². The van der Waals surface area contributed by atoms with Gasteiger partial charge >= 0.3 is 5.97 Å². The molecule has 0 radical (unpaired) electrons. The summed E-state index contributed by atoms with van der Waals surface area (Å²) in [5.74, 6) is 0.303. The normalized spacial score (nSPS) is 32.0. The van der Waals surface area contributed by atoms with Gasteiger partial charge < -0.3 is 4.74 Å². The fraction of sp³-hybridized carbons (Fsp3) is 0.619. The van der Waals surface area contributed by atoms with Gasteiger partial charge in [0, 0.05) is 6.42 Å². The van der Waals surface area contributed by atoms with Gasteiger partial charge in [0.1, 0.15) is 12.4 Å². The van der Waals surface area contributed by atoms with Crippen LogP contribution >= 0.6 is 0 Å². The Balaban J connectivity index is 1.76. The number of hydrogen-bond acceptors (Lipinski definition) is 3. The van der Waals surface area contributed by atoms with E-state index in [0.29, 0.717) is 17.9 Å². The Morgan fingerprint density at radius 1 is 1.17 bits per heavy atom. The molecule has 1 unspecified atom stereocenters. The minimum Gasteiger partial charge on any atom is -0.461 e. The van der Waals surface area contributed by atoms with Crippen LogP contribution in [0, 0.1) is 22.7 Å². The second-order valence-corrected chi connectivity index (χ2v) is 8.42. The van der Waals surface area contributed by atoms with Crippen molar-refractivity contribution in [3.05, 3.63) is 35.9 Å². The van der Waals surface area contributed by atoms with Crippen molar-refractivity contribution in [2.75, 3.05) is 6.61 Å². The third-order valence-electron chi connectivity index (χ3n) is 6.53. The summed E-state index contributed by atoms with van der Waals surface area (Å²) in [7, 11) is 0. The van der Waals surface area contributed by atoms with Gasteiger partial charge in [-0.25, -0.2) is 4.79 Å². The second kappa shape index (κ2) is 6.34. The summed E-state index contributed by atoms with van der Waals surface area (Å²) in [6.07, 6.45) is 5.03. The van der Waals surface area contributed by atoms with Gasteiger partial charge in [0.05, 0.1) is 11.5 Å². The Morgan fingerprint density at radius 3 is 2.58 bits per heavy atom. The number of carbonyl (C=O) groups excluding carboxylic acids is 2. The molecule has 2 fully saturated rings. The summed E-state index contributed by atoms with van der Waals surface area (Å²) in [6, 6.07) is 9.02. The maximum Gasteiger partial charge on any atom is 0.338 e. The number of fused-ring (bicyclic) bond motifs is 1. The Morgan fingerprint density at radius 2 is 1.88 bits per heavy atom. The predicted molar refractivity (Wildman–Crippen MR) is 93.7 cm³/mol. The zero-order valence-electron chi connectivity index (χ0n) is 15.0. The van der Waals surface area contributed by atoms with Crippen molar-refractivity contribution in [2.45, 2.75) is 52.9 Å². The molecule has 0 amide bonds. The lowest BCUT2D eigenvalue weighted by Crippen LogP contribution is -2.53. The summed E-state index contributed by atoms with van der Waals surface area (Å²) in [6.45, 7) is 7.13. The fourth-order valence-corrected chi connectivity index (χ4v) is 5.23. The summed E-state index contributed by atoms with van der Waals surface area (Å²) < 4.78 is 5.56. The first kappa shape index (κ1) is 17.2. The molecule has 2 aliphatic carbocycles. The molecule has 3 rings (SSSR count). The third kappa shape index (κ3) is 3.01. The van der Waals surface area contributed by atoms with Crippen LogP contribution in [0.15, 0.2) is 30.3 Å². The standard InChI is InChI=1S/C21H28O3/c1-20(2)12-7-13-21(3)16(17(22)10-11-18(20)21)14-24-19(23)15-8-5-4-6-9-15/h4-6,8-9,16,18H,7,10-14H2,1-3H3/t16-,18?,21-/m1/s1. The molecule has 0 bridgehead atoms. The van der Waals surface area contributed by atoms with Gasteiger partial charge in [0.2, 0.25) is 0 Å². The van der Waals surface area contributed by atoms with Crippen molar-refractivity contribution in [3.8, 4) is 0 Å². The molecule has 1 aromatic rings. The van der Waals surface area contributed by atoms with E-state index in [1.807, 2.05) is 18.2 Å². The largest absolute Gasteiger partial charge is 0.461 e. The van der Waals surface area contributed by atoms with Crippen LogP contribution in [0.25, 0.3) is 0 Å². The van der Waals surface area contributed by atoms with E-state index in [9.17, 15) is 9.59 Å². The third-order valence-corrected chi connectivity index (χ3v) is 6.53. The lowest BCUT2D eigenvalue weighted by molar-refractivity contribution is -0.146. The molecule has 3 atom stereocenters. The van der Waals surface area contributed by atoms with E-state index in [-0.39, 0.29) is 35.1 Å². The van der Waals surface area contributed by atoms with Crippen LogP contribution in [0.2, 0.25) is 0 Å². The topological polar surface area (TPSA) is 43.4 Å². The molecule has 130 valence electrons. The highest BCUT2D eigenvalue weighted by molar-refractivity contribution is 5.90. The monoisotopic (exact) mass is 328 g/mol. The van der Waals surface area contributed by atoms with Gasteiger partial charge in [0.25, 0.3) is 0 Å². The van der Waals surface area contributed by atoms with Crippen LogP contribution in [0.1, 0.15) is 63.2 Å². The Kier molecular flexibility index (Phi) is 4.54.